The zero-order chi connectivity index (χ0) is 19.1. The molecule has 0 atom stereocenters. The summed E-state index contributed by atoms with van der Waals surface area (Å²) in [5.41, 5.74) is 0.0852. The maximum atomic E-state index is 13.2. The second-order valence-electron chi connectivity index (χ2n) is 6.79. The fourth-order valence-electron chi connectivity index (χ4n) is 3.90. The Labute approximate surface area is 153 Å². The number of hydrogen-bond acceptors (Lipinski definition) is 4. The molecule has 0 aliphatic heterocycles. The number of hydrogen-bond donors (Lipinski definition) is 3. The maximum absolute atomic E-state index is 13.2. The highest BCUT2D eigenvalue weighted by molar-refractivity contribution is 6.01. The van der Waals surface area contributed by atoms with Crippen LogP contribution in [-0.4, -0.2) is 37.8 Å². The van der Waals surface area contributed by atoms with Gasteiger partial charge in [0.25, 0.3) is 11.5 Å². The van der Waals surface area contributed by atoms with Crippen molar-refractivity contribution < 1.29 is 19.8 Å². The first-order valence-corrected chi connectivity index (χ1v) is 8.87. The summed E-state index contributed by atoms with van der Waals surface area (Å²) in [4.78, 5) is 36.4. The summed E-state index contributed by atoms with van der Waals surface area (Å²) in [6, 6.07) is 9.08. The molecule has 0 saturated heterocycles. The van der Waals surface area contributed by atoms with Crippen LogP contribution in [0.25, 0.3) is 16.4 Å². The van der Waals surface area contributed by atoms with Crippen molar-refractivity contribution in [3.8, 4) is 5.75 Å². The van der Waals surface area contributed by atoms with Crippen LogP contribution in [0.4, 0.5) is 0 Å². The van der Waals surface area contributed by atoms with Gasteiger partial charge in [0.1, 0.15) is 17.6 Å². The standard InChI is InChI=1S/C19H19N3O5/c23-15(24)10-20-18(26)16-17(25)14-9-11-5-1-4-8-13(11)22(14)21(19(16)27)12-6-2-3-7-12/h1,4-5,8-9,12,25H,2-3,6-7,10H2,(H,20,26)(H,23,24). The van der Waals surface area contributed by atoms with Crippen LogP contribution in [0.15, 0.2) is 35.1 Å². The Bertz CT molecular complexity index is 1120. The van der Waals surface area contributed by atoms with E-state index in [9.17, 15) is 19.5 Å². The number of carbonyl (C=O) groups excluding carboxylic acids is 1. The molecule has 1 amide bonds. The monoisotopic (exact) mass is 369 g/mol. The molecule has 8 nitrogen and oxygen atoms in total. The predicted molar refractivity (Wildman–Crippen MR) is 98.3 cm³/mol. The third-order valence-corrected chi connectivity index (χ3v) is 5.10. The first kappa shape index (κ1) is 17.1. The van der Waals surface area contributed by atoms with Gasteiger partial charge in [0.05, 0.1) is 11.6 Å². The molecule has 2 heterocycles. The summed E-state index contributed by atoms with van der Waals surface area (Å²) in [6.45, 7) is -0.630. The van der Waals surface area contributed by atoms with Gasteiger partial charge in [-0.15, -0.1) is 0 Å². The van der Waals surface area contributed by atoms with Crippen molar-refractivity contribution in [1.82, 2.24) is 14.5 Å². The van der Waals surface area contributed by atoms with Crippen LogP contribution in [-0.2, 0) is 4.79 Å². The van der Waals surface area contributed by atoms with E-state index in [1.165, 1.54) is 0 Å². The molecule has 1 fully saturated rings. The fourth-order valence-corrected chi connectivity index (χ4v) is 3.90. The normalized spacial score (nSPS) is 14.8. The quantitative estimate of drug-likeness (QED) is 0.650. The van der Waals surface area contributed by atoms with Crippen LogP contribution in [0.5, 0.6) is 5.75 Å². The Kier molecular flexibility index (Phi) is 4.10. The summed E-state index contributed by atoms with van der Waals surface area (Å²) in [5.74, 6) is -2.55. The summed E-state index contributed by atoms with van der Waals surface area (Å²) in [5, 5.41) is 22.5. The van der Waals surface area contributed by atoms with E-state index in [1.807, 2.05) is 24.3 Å². The molecule has 1 saturated carbocycles. The van der Waals surface area contributed by atoms with E-state index in [2.05, 4.69) is 5.32 Å². The molecule has 3 aromatic rings. The number of benzene rings is 1. The van der Waals surface area contributed by atoms with Gasteiger partial charge in [0.15, 0.2) is 5.75 Å². The highest BCUT2D eigenvalue weighted by Gasteiger charge is 2.28. The summed E-state index contributed by atoms with van der Waals surface area (Å²) in [7, 11) is 0. The van der Waals surface area contributed by atoms with Crippen molar-refractivity contribution in [2.45, 2.75) is 31.7 Å². The number of carboxylic acid groups (broad SMARTS) is 1. The van der Waals surface area contributed by atoms with Crippen molar-refractivity contribution in [3.63, 3.8) is 0 Å². The lowest BCUT2D eigenvalue weighted by atomic mass is 10.2. The van der Waals surface area contributed by atoms with Gasteiger partial charge in [0.2, 0.25) is 0 Å². The minimum absolute atomic E-state index is 0.0811. The van der Waals surface area contributed by atoms with Crippen LogP contribution in [0.3, 0.4) is 0 Å². The number of para-hydroxylation sites is 1. The molecule has 8 heteroatoms. The zero-order valence-electron chi connectivity index (χ0n) is 14.5. The first-order chi connectivity index (χ1) is 13.0. The number of carbonyl (C=O) groups is 2. The molecule has 1 aliphatic rings. The zero-order valence-corrected chi connectivity index (χ0v) is 14.5. The molecule has 1 aliphatic carbocycles. The molecule has 0 unspecified atom stereocenters. The SMILES string of the molecule is O=C(O)CNC(=O)c1c(O)c2cc3ccccc3n2n(C2CCCC2)c1=O. The third-order valence-electron chi connectivity index (χ3n) is 5.10. The number of carboxylic acids is 1. The Morgan fingerprint density at radius 1 is 1.15 bits per heavy atom. The topological polar surface area (TPSA) is 113 Å². The van der Waals surface area contributed by atoms with Crippen LogP contribution in [0, 0.1) is 0 Å². The van der Waals surface area contributed by atoms with E-state index < -0.39 is 35.3 Å². The Morgan fingerprint density at radius 2 is 1.85 bits per heavy atom. The molecule has 0 spiro atoms. The Balaban J connectivity index is 2.02. The third kappa shape index (κ3) is 2.73. The molecular formula is C19H19N3O5. The van der Waals surface area contributed by atoms with Crippen molar-refractivity contribution in [2.75, 3.05) is 6.54 Å². The lowest BCUT2D eigenvalue weighted by Gasteiger charge is -2.19. The van der Waals surface area contributed by atoms with Crippen LogP contribution in [0.2, 0.25) is 0 Å². The molecule has 27 heavy (non-hydrogen) atoms. The molecular weight excluding hydrogens is 350 g/mol. The van der Waals surface area contributed by atoms with Crippen molar-refractivity contribution in [3.05, 3.63) is 46.2 Å². The Hall–Kier alpha value is -3.29. The number of aromatic nitrogens is 2. The van der Waals surface area contributed by atoms with Crippen molar-refractivity contribution >= 4 is 28.3 Å². The van der Waals surface area contributed by atoms with Gasteiger partial charge in [0, 0.05) is 5.39 Å². The Morgan fingerprint density at radius 3 is 2.56 bits per heavy atom. The van der Waals surface area contributed by atoms with Gasteiger partial charge >= 0.3 is 5.97 Å². The average Bonchev–Trinajstić information content (AvgIpc) is 3.29. The molecule has 0 radical (unpaired) electrons. The van der Waals surface area contributed by atoms with Gasteiger partial charge in [-0.3, -0.25) is 14.4 Å². The predicted octanol–water partition coefficient (Wildman–Crippen LogP) is 1.89. The number of nitrogens with one attached hydrogen (secondary N) is 1. The van der Waals surface area contributed by atoms with E-state index in [-0.39, 0.29) is 6.04 Å². The van der Waals surface area contributed by atoms with E-state index in [0.717, 1.165) is 36.6 Å². The summed E-state index contributed by atoms with van der Waals surface area (Å²) >= 11 is 0. The fraction of sp³-hybridized carbons (Fsp3) is 0.316. The van der Waals surface area contributed by atoms with Crippen molar-refractivity contribution in [2.24, 2.45) is 0 Å². The molecule has 140 valence electrons. The molecule has 3 N–H and O–H groups in total. The largest absolute Gasteiger partial charge is 0.505 e. The number of amides is 1. The smallest absolute Gasteiger partial charge is 0.322 e. The minimum Gasteiger partial charge on any atom is -0.505 e. The summed E-state index contributed by atoms with van der Waals surface area (Å²) < 4.78 is 3.22. The second kappa shape index (κ2) is 6.46. The summed E-state index contributed by atoms with van der Waals surface area (Å²) in [6.07, 6.45) is 3.59. The van der Waals surface area contributed by atoms with E-state index in [1.54, 1.807) is 15.3 Å². The second-order valence-corrected chi connectivity index (χ2v) is 6.79. The van der Waals surface area contributed by atoms with E-state index in [0.29, 0.717) is 5.52 Å². The van der Waals surface area contributed by atoms with Crippen molar-refractivity contribution in [1.29, 1.82) is 0 Å². The van der Waals surface area contributed by atoms with Crippen LogP contribution >= 0.6 is 0 Å². The lowest BCUT2D eigenvalue weighted by Crippen LogP contribution is -2.38. The van der Waals surface area contributed by atoms with E-state index >= 15 is 0 Å². The number of fused-ring (bicyclic) bond motifs is 3. The minimum atomic E-state index is -1.23. The molecule has 1 aromatic carbocycles. The van der Waals surface area contributed by atoms with Crippen LogP contribution < -0.4 is 10.9 Å². The molecule has 2 aromatic heterocycles. The molecule has 0 bridgehead atoms. The van der Waals surface area contributed by atoms with E-state index in [4.69, 9.17) is 5.11 Å². The van der Waals surface area contributed by atoms with Gasteiger partial charge in [-0.05, 0) is 25.0 Å². The average molecular weight is 369 g/mol. The number of rotatable bonds is 4. The van der Waals surface area contributed by atoms with Gasteiger partial charge in [-0.25, -0.2) is 9.20 Å². The highest BCUT2D eigenvalue weighted by Crippen LogP contribution is 2.33. The highest BCUT2D eigenvalue weighted by atomic mass is 16.4. The number of nitrogens with zero attached hydrogens (tertiary/aromatic N) is 2. The lowest BCUT2D eigenvalue weighted by molar-refractivity contribution is -0.135. The van der Waals surface area contributed by atoms with Gasteiger partial charge in [-0.2, -0.15) is 0 Å². The first-order valence-electron chi connectivity index (χ1n) is 8.87. The van der Waals surface area contributed by atoms with Gasteiger partial charge in [-0.1, -0.05) is 31.0 Å². The van der Waals surface area contributed by atoms with Gasteiger partial charge < -0.3 is 15.5 Å². The molecule has 4 rings (SSSR count). The number of aliphatic carboxylic acids is 1. The number of aromatic hydroxyl groups is 1. The maximum Gasteiger partial charge on any atom is 0.322 e. The van der Waals surface area contributed by atoms with Crippen LogP contribution in [0.1, 0.15) is 42.1 Å².